The van der Waals surface area contributed by atoms with Gasteiger partial charge in [0.1, 0.15) is 0 Å². The molecule has 2 fully saturated rings. The molecule has 2 aliphatic rings. The van der Waals surface area contributed by atoms with Crippen molar-refractivity contribution in [2.75, 3.05) is 26.7 Å². The van der Waals surface area contributed by atoms with Crippen LogP contribution >= 0.6 is 0 Å². The number of nitrogens with one attached hydrogen (secondary N) is 1. The van der Waals surface area contributed by atoms with Crippen LogP contribution in [0.3, 0.4) is 0 Å². The second-order valence-corrected chi connectivity index (χ2v) is 4.56. The Morgan fingerprint density at radius 3 is 2.62 bits per heavy atom. The zero-order valence-electron chi connectivity index (χ0n) is 8.42. The van der Waals surface area contributed by atoms with Gasteiger partial charge in [-0.3, -0.25) is 0 Å². The van der Waals surface area contributed by atoms with Crippen LogP contribution in [0.1, 0.15) is 25.7 Å². The molecule has 2 N–H and O–H groups in total. The Hall–Kier alpha value is -0.120. The fourth-order valence-corrected chi connectivity index (χ4v) is 2.50. The van der Waals surface area contributed by atoms with Crippen molar-refractivity contribution in [3.05, 3.63) is 0 Å². The van der Waals surface area contributed by atoms with E-state index in [9.17, 15) is 5.11 Å². The van der Waals surface area contributed by atoms with Crippen molar-refractivity contribution in [2.45, 2.75) is 37.3 Å². The van der Waals surface area contributed by atoms with Crippen molar-refractivity contribution < 1.29 is 5.11 Å². The maximum absolute atomic E-state index is 10.4. The van der Waals surface area contributed by atoms with E-state index in [4.69, 9.17) is 0 Å². The first-order valence-corrected chi connectivity index (χ1v) is 5.35. The molecule has 0 aliphatic carbocycles. The van der Waals surface area contributed by atoms with Crippen LogP contribution < -0.4 is 5.32 Å². The van der Waals surface area contributed by atoms with Crippen LogP contribution in [0.15, 0.2) is 0 Å². The Morgan fingerprint density at radius 2 is 2.08 bits per heavy atom. The van der Waals surface area contributed by atoms with Crippen LogP contribution in [0.4, 0.5) is 0 Å². The summed E-state index contributed by atoms with van der Waals surface area (Å²) in [7, 11) is 2.13. The Bertz CT molecular complexity index is 170. The lowest BCUT2D eigenvalue weighted by molar-refractivity contribution is -0.0411. The normalized spacial score (nSPS) is 35.1. The van der Waals surface area contributed by atoms with Gasteiger partial charge >= 0.3 is 0 Å². The average Bonchev–Trinajstić information content (AvgIpc) is 2.63. The smallest absolute Gasteiger partial charge is 0.0824 e. The summed E-state index contributed by atoms with van der Waals surface area (Å²) in [5.41, 5.74) is -0.414. The summed E-state index contributed by atoms with van der Waals surface area (Å²) >= 11 is 0. The zero-order chi connectivity index (χ0) is 9.31. The lowest BCUT2D eigenvalue weighted by Crippen LogP contribution is -2.53. The van der Waals surface area contributed by atoms with Crippen LogP contribution in [0.5, 0.6) is 0 Å². The van der Waals surface area contributed by atoms with Gasteiger partial charge in [-0.05, 0) is 39.3 Å². The first kappa shape index (κ1) is 9.44. The van der Waals surface area contributed by atoms with E-state index in [0.29, 0.717) is 6.04 Å². The molecule has 0 saturated carbocycles. The molecular formula is C10H20N2O. The SMILES string of the molecule is CN1CCC(O)(C2CCCN2)CC1. The molecule has 0 aromatic rings. The summed E-state index contributed by atoms with van der Waals surface area (Å²) in [5, 5.41) is 13.8. The van der Waals surface area contributed by atoms with Gasteiger partial charge in [0.2, 0.25) is 0 Å². The highest BCUT2D eigenvalue weighted by Crippen LogP contribution is 2.29. The molecule has 2 heterocycles. The molecule has 2 rings (SSSR count). The highest BCUT2D eigenvalue weighted by molar-refractivity contribution is 4.97. The minimum atomic E-state index is -0.414. The van der Waals surface area contributed by atoms with E-state index in [1.165, 1.54) is 6.42 Å². The summed E-state index contributed by atoms with van der Waals surface area (Å²) in [6.45, 7) is 3.16. The third kappa shape index (κ3) is 1.87. The summed E-state index contributed by atoms with van der Waals surface area (Å²) in [6, 6.07) is 0.362. The van der Waals surface area contributed by atoms with Gasteiger partial charge in [-0.25, -0.2) is 0 Å². The quantitative estimate of drug-likeness (QED) is 0.611. The summed E-state index contributed by atoms with van der Waals surface area (Å²) in [6.07, 6.45) is 4.24. The Morgan fingerprint density at radius 1 is 1.38 bits per heavy atom. The van der Waals surface area contributed by atoms with E-state index in [2.05, 4.69) is 17.3 Å². The lowest BCUT2D eigenvalue weighted by Gasteiger charge is -2.40. The molecule has 0 amide bonds. The largest absolute Gasteiger partial charge is 0.388 e. The van der Waals surface area contributed by atoms with E-state index >= 15 is 0 Å². The molecular weight excluding hydrogens is 164 g/mol. The molecule has 2 saturated heterocycles. The molecule has 1 unspecified atom stereocenters. The second-order valence-electron chi connectivity index (χ2n) is 4.56. The van der Waals surface area contributed by atoms with Crippen molar-refractivity contribution in [3.63, 3.8) is 0 Å². The van der Waals surface area contributed by atoms with Crippen molar-refractivity contribution >= 4 is 0 Å². The number of hydrogen-bond donors (Lipinski definition) is 2. The molecule has 3 nitrogen and oxygen atoms in total. The molecule has 1 atom stereocenters. The number of likely N-dealkylation sites (tertiary alicyclic amines) is 1. The van der Waals surface area contributed by atoms with Crippen molar-refractivity contribution in [3.8, 4) is 0 Å². The van der Waals surface area contributed by atoms with Crippen LogP contribution in [0.25, 0.3) is 0 Å². The fraction of sp³-hybridized carbons (Fsp3) is 1.00. The molecule has 3 heteroatoms. The van der Waals surface area contributed by atoms with Crippen LogP contribution in [-0.4, -0.2) is 48.3 Å². The van der Waals surface area contributed by atoms with Crippen molar-refractivity contribution in [1.29, 1.82) is 0 Å². The van der Waals surface area contributed by atoms with Gasteiger partial charge in [-0.15, -0.1) is 0 Å². The minimum Gasteiger partial charge on any atom is -0.388 e. The minimum absolute atomic E-state index is 0.362. The third-order valence-electron chi connectivity index (χ3n) is 3.56. The van der Waals surface area contributed by atoms with E-state index in [1.54, 1.807) is 0 Å². The number of rotatable bonds is 1. The molecule has 0 spiro atoms. The van der Waals surface area contributed by atoms with E-state index in [0.717, 1.165) is 38.9 Å². The maximum atomic E-state index is 10.4. The molecule has 76 valence electrons. The summed E-state index contributed by atoms with van der Waals surface area (Å²) < 4.78 is 0. The van der Waals surface area contributed by atoms with Crippen molar-refractivity contribution in [1.82, 2.24) is 10.2 Å². The van der Waals surface area contributed by atoms with Crippen LogP contribution in [0.2, 0.25) is 0 Å². The third-order valence-corrected chi connectivity index (χ3v) is 3.56. The average molecular weight is 184 g/mol. The van der Waals surface area contributed by atoms with Gasteiger partial charge in [-0.2, -0.15) is 0 Å². The van der Waals surface area contributed by atoms with E-state index in [-0.39, 0.29) is 0 Å². The predicted molar refractivity (Wildman–Crippen MR) is 52.7 cm³/mol. The van der Waals surface area contributed by atoms with Gasteiger partial charge in [-0.1, -0.05) is 0 Å². The predicted octanol–water partition coefficient (Wildman–Crippen LogP) is 0.195. The first-order valence-electron chi connectivity index (χ1n) is 5.35. The Labute approximate surface area is 80.1 Å². The fourth-order valence-electron chi connectivity index (χ4n) is 2.50. The first-order chi connectivity index (χ1) is 6.21. The van der Waals surface area contributed by atoms with Crippen LogP contribution in [-0.2, 0) is 0 Å². The highest BCUT2D eigenvalue weighted by atomic mass is 16.3. The van der Waals surface area contributed by atoms with E-state index in [1.807, 2.05) is 0 Å². The maximum Gasteiger partial charge on any atom is 0.0824 e. The number of piperidine rings is 1. The molecule has 0 radical (unpaired) electrons. The molecule has 13 heavy (non-hydrogen) atoms. The number of hydrogen-bond acceptors (Lipinski definition) is 3. The van der Waals surface area contributed by atoms with Gasteiger partial charge < -0.3 is 15.3 Å². The Kier molecular flexibility index (Phi) is 2.58. The summed E-state index contributed by atoms with van der Waals surface area (Å²) in [4.78, 5) is 2.30. The molecule has 0 bridgehead atoms. The number of aliphatic hydroxyl groups is 1. The zero-order valence-corrected chi connectivity index (χ0v) is 8.42. The van der Waals surface area contributed by atoms with Crippen molar-refractivity contribution in [2.24, 2.45) is 0 Å². The molecule has 2 aliphatic heterocycles. The van der Waals surface area contributed by atoms with Gasteiger partial charge in [0.05, 0.1) is 5.60 Å². The molecule has 0 aromatic carbocycles. The van der Waals surface area contributed by atoms with Crippen LogP contribution in [0, 0.1) is 0 Å². The molecule has 0 aromatic heterocycles. The Balaban J connectivity index is 1.95. The standard InChI is InChI=1S/C10H20N2O/c1-12-7-4-10(13,5-8-12)9-3-2-6-11-9/h9,11,13H,2-8H2,1H3. The topological polar surface area (TPSA) is 35.5 Å². The highest BCUT2D eigenvalue weighted by Gasteiger charge is 2.39. The van der Waals surface area contributed by atoms with E-state index < -0.39 is 5.60 Å². The number of nitrogens with zero attached hydrogens (tertiary/aromatic N) is 1. The lowest BCUT2D eigenvalue weighted by atomic mass is 9.84. The van der Waals surface area contributed by atoms with Gasteiger partial charge in [0.25, 0.3) is 0 Å². The summed E-state index contributed by atoms with van der Waals surface area (Å²) in [5.74, 6) is 0. The second kappa shape index (κ2) is 3.56. The monoisotopic (exact) mass is 184 g/mol. The van der Waals surface area contributed by atoms with Gasteiger partial charge in [0.15, 0.2) is 0 Å². The van der Waals surface area contributed by atoms with Gasteiger partial charge in [0, 0.05) is 19.1 Å².